The van der Waals surface area contributed by atoms with Crippen LogP contribution >= 0.6 is 0 Å². The highest BCUT2D eigenvalue weighted by Gasteiger charge is 2.28. The van der Waals surface area contributed by atoms with Gasteiger partial charge in [0.2, 0.25) is 0 Å². The van der Waals surface area contributed by atoms with Gasteiger partial charge in [-0.05, 0) is 18.4 Å². The molecule has 2 rings (SSSR count). The smallest absolute Gasteiger partial charge is 0.269 e. The number of rotatable bonds is 2. The van der Waals surface area contributed by atoms with E-state index in [-0.39, 0.29) is 11.2 Å². The van der Waals surface area contributed by atoms with E-state index in [1.165, 1.54) is 12.1 Å². The van der Waals surface area contributed by atoms with E-state index in [0.29, 0.717) is 0 Å². The van der Waals surface area contributed by atoms with Gasteiger partial charge in [-0.3, -0.25) is 10.1 Å². The van der Waals surface area contributed by atoms with E-state index in [2.05, 4.69) is 0 Å². The normalized spacial score (nSPS) is 17.9. The molecule has 0 bridgehead atoms. The third-order valence-corrected chi connectivity index (χ3v) is 2.78. The second-order valence-electron chi connectivity index (χ2n) is 3.84. The number of non-ortho nitro benzene ring substituents is 1. The third kappa shape index (κ3) is 1.76. The van der Waals surface area contributed by atoms with Crippen molar-refractivity contribution in [3.63, 3.8) is 0 Å². The Morgan fingerprint density at radius 3 is 2.20 bits per heavy atom. The lowest BCUT2D eigenvalue weighted by Gasteiger charge is -2.23. The van der Waals surface area contributed by atoms with Crippen molar-refractivity contribution < 1.29 is 4.92 Å². The summed E-state index contributed by atoms with van der Waals surface area (Å²) in [5, 5.41) is 10.5. The molecule has 0 unspecified atom stereocenters. The van der Waals surface area contributed by atoms with Crippen LogP contribution in [-0.4, -0.2) is 4.92 Å². The second kappa shape index (κ2) is 3.47. The van der Waals surface area contributed by atoms with Gasteiger partial charge in [-0.1, -0.05) is 24.3 Å². The van der Waals surface area contributed by atoms with Crippen LogP contribution in [0.1, 0.15) is 18.4 Å². The fourth-order valence-electron chi connectivity index (χ4n) is 1.82. The first-order chi connectivity index (χ1) is 7.12. The fraction of sp³-hybridized carbons (Fsp3) is 0.273. The number of hydrogen-bond donors (Lipinski definition) is 1. The molecule has 1 aliphatic carbocycles. The molecule has 0 aromatic heterocycles. The van der Waals surface area contributed by atoms with Crippen LogP contribution in [-0.2, 0) is 5.54 Å². The minimum Gasteiger partial charge on any atom is -0.321 e. The predicted octanol–water partition coefficient (Wildman–Crippen LogP) is 2.10. The summed E-state index contributed by atoms with van der Waals surface area (Å²) in [6.07, 6.45) is 5.68. The molecule has 0 aliphatic heterocycles. The molecule has 0 fully saturated rings. The molecule has 0 heterocycles. The molecule has 0 spiro atoms. The Labute approximate surface area is 87.6 Å². The van der Waals surface area contributed by atoms with E-state index in [1.807, 2.05) is 12.2 Å². The first kappa shape index (κ1) is 9.86. The lowest BCUT2D eigenvalue weighted by Crippen LogP contribution is -2.33. The molecular formula is C11H12N2O2. The lowest BCUT2D eigenvalue weighted by atomic mass is 9.89. The van der Waals surface area contributed by atoms with Crippen molar-refractivity contribution in [1.29, 1.82) is 0 Å². The van der Waals surface area contributed by atoms with Gasteiger partial charge < -0.3 is 5.73 Å². The maximum Gasteiger partial charge on any atom is 0.269 e. The minimum atomic E-state index is -0.403. The second-order valence-corrected chi connectivity index (χ2v) is 3.84. The number of nitro groups is 1. The number of hydrogen-bond acceptors (Lipinski definition) is 3. The summed E-state index contributed by atoms with van der Waals surface area (Å²) in [7, 11) is 0. The summed E-state index contributed by atoms with van der Waals surface area (Å²) in [5.74, 6) is 0. The Morgan fingerprint density at radius 2 is 1.73 bits per heavy atom. The van der Waals surface area contributed by atoms with E-state index in [9.17, 15) is 10.1 Å². The van der Waals surface area contributed by atoms with E-state index in [1.54, 1.807) is 12.1 Å². The molecule has 78 valence electrons. The number of nitrogens with two attached hydrogens (primary N) is 1. The summed E-state index contributed by atoms with van der Waals surface area (Å²) in [5.41, 5.74) is 6.87. The van der Waals surface area contributed by atoms with Crippen LogP contribution in [0.5, 0.6) is 0 Å². The van der Waals surface area contributed by atoms with Crippen molar-refractivity contribution in [3.05, 3.63) is 52.1 Å². The predicted molar refractivity (Wildman–Crippen MR) is 57.3 cm³/mol. The topological polar surface area (TPSA) is 69.2 Å². The monoisotopic (exact) mass is 204 g/mol. The zero-order chi connectivity index (χ0) is 10.9. The van der Waals surface area contributed by atoms with Crippen molar-refractivity contribution in [2.45, 2.75) is 18.4 Å². The molecule has 4 nitrogen and oxygen atoms in total. The van der Waals surface area contributed by atoms with Gasteiger partial charge in [-0.15, -0.1) is 0 Å². The first-order valence-electron chi connectivity index (χ1n) is 4.81. The Balaban J connectivity index is 2.27. The summed E-state index contributed by atoms with van der Waals surface area (Å²) >= 11 is 0. The molecule has 2 N–H and O–H groups in total. The highest BCUT2D eigenvalue weighted by Crippen LogP contribution is 2.32. The summed E-state index contributed by atoms with van der Waals surface area (Å²) in [6, 6.07) is 6.49. The Hall–Kier alpha value is -1.68. The zero-order valence-corrected chi connectivity index (χ0v) is 8.22. The van der Waals surface area contributed by atoms with Crippen LogP contribution in [0.3, 0.4) is 0 Å². The molecule has 1 aromatic carbocycles. The number of benzene rings is 1. The van der Waals surface area contributed by atoms with E-state index < -0.39 is 4.92 Å². The van der Waals surface area contributed by atoms with Crippen molar-refractivity contribution in [1.82, 2.24) is 0 Å². The van der Waals surface area contributed by atoms with Crippen LogP contribution in [0.15, 0.2) is 36.4 Å². The average Bonchev–Trinajstić information content (AvgIpc) is 2.67. The van der Waals surface area contributed by atoms with Gasteiger partial charge in [0.25, 0.3) is 5.69 Å². The van der Waals surface area contributed by atoms with Crippen molar-refractivity contribution >= 4 is 5.69 Å². The van der Waals surface area contributed by atoms with Crippen LogP contribution in [0.2, 0.25) is 0 Å². The fourth-order valence-corrected chi connectivity index (χ4v) is 1.82. The maximum absolute atomic E-state index is 10.5. The quantitative estimate of drug-likeness (QED) is 0.455. The molecular weight excluding hydrogens is 192 g/mol. The molecule has 0 radical (unpaired) electrons. The first-order valence-corrected chi connectivity index (χ1v) is 4.81. The van der Waals surface area contributed by atoms with Crippen molar-refractivity contribution in [3.8, 4) is 0 Å². The van der Waals surface area contributed by atoms with Crippen molar-refractivity contribution in [2.75, 3.05) is 0 Å². The molecule has 0 amide bonds. The molecule has 15 heavy (non-hydrogen) atoms. The Bertz CT molecular complexity index is 401. The molecule has 0 saturated carbocycles. The third-order valence-electron chi connectivity index (χ3n) is 2.78. The highest BCUT2D eigenvalue weighted by molar-refractivity contribution is 5.37. The SMILES string of the molecule is NC1(c2ccc([N+](=O)[O-])cc2)CC=CC1. The standard InChI is InChI=1S/C11H12N2O2/c12-11(7-1-2-8-11)9-3-5-10(6-4-9)13(14)15/h1-6H,7-8,12H2. The lowest BCUT2D eigenvalue weighted by molar-refractivity contribution is -0.384. The van der Waals surface area contributed by atoms with Crippen LogP contribution in [0.25, 0.3) is 0 Å². The summed E-state index contributed by atoms with van der Waals surface area (Å²) in [6.45, 7) is 0. The van der Waals surface area contributed by atoms with E-state index in [4.69, 9.17) is 5.73 Å². The van der Waals surface area contributed by atoms with Gasteiger partial charge >= 0.3 is 0 Å². The van der Waals surface area contributed by atoms with Crippen LogP contribution < -0.4 is 5.73 Å². The molecule has 1 aromatic rings. The van der Waals surface area contributed by atoms with Crippen LogP contribution in [0.4, 0.5) is 5.69 Å². The zero-order valence-electron chi connectivity index (χ0n) is 8.22. The Morgan fingerprint density at radius 1 is 1.20 bits per heavy atom. The highest BCUT2D eigenvalue weighted by atomic mass is 16.6. The molecule has 1 aliphatic rings. The van der Waals surface area contributed by atoms with Crippen LogP contribution in [0, 0.1) is 10.1 Å². The van der Waals surface area contributed by atoms with Crippen molar-refractivity contribution in [2.24, 2.45) is 5.73 Å². The largest absolute Gasteiger partial charge is 0.321 e. The number of nitrogens with zero attached hydrogens (tertiary/aromatic N) is 1. The number of nitro benzene ring substituents is 1. The van der Waals surface area contributed by atoms with Gasteiger partial charge in [0.05, 0.1) is 4.92 Å². The maximum atomic E-state index is 10.5. The molecule has 4 heteroatoms. The van der Waals surface area contributed by atoms with Gasteiger partial charge in [-0.25, -0.2) is 0 Å². The van der Waals surface area contributed by atoms with Gasteiger partial charge in [0.1, 0.15) is 0 Å². The minimum absolute atomic E-state index is 0.105. The van der Waals surface area contributed by atoms with Gasteiger partial charge in [-0.2, -0.15) is 0 Å². The summed E-state index contributed by atoms with van der Waals surface area (Å²) in [4.78, 5) is 10.1. The molecule has 0 atom stereocenters. The van der Waals surface area contributed by atoms with Gasteiger partial charge in [0.15, 0.2) is 0 Å². The molecule has 0 saturated heterocycles. The Kier molecular flexibility index (Phi) is 2.28. The average molecular weight is 204 g/mol. The summed E-state index contributed by atoms with van der Waals surface area (Å²) < 4.78 is 0. The van der Waals surface area contributed by atoms with Gasteiger partial charge in [0, 0.05) is 17.7 Å². The van der Waals surface area contributed by atoms with E-state index in [0.717, 1.165) is 18.4 Å². The van der Waals surface area contributed by atoms with E-state index >= 15 is 0 Å².